The first-order valence-corrected chi connectivity index (χ1v) is 9.33. The summed E-state index contributed by atoms with van der Waals surface area (Å²) in [5, 5.41) is 3.94. The second-order valence-electron chi connectivity index (χ2n) is 6.29. The van der Waals surface area contributed by atoms with E-state index in [2.05, 4.69) is 5.10 Å². The van der Waals surface area contributed by atoms with Crippen LogP contribution in [0.15, 0.2) is 34.1 Å². The van der Waals surface area contributed by atoms with Gasteiger partial charge in [0.2, 0.25) is 0 Å². The van der Waals surface area contributed by atoms with Gasteiger partial charge in [-0.3, -0.25) is 14.6 Å². The van der Waals surface area contributed by atoms with E-state index in [1.165, 1.54) is 0 Å². The van der Waals surface area contributed by atoms with E-state index in [0.29, 0.717) is 0 Å². The number of methoxy groups -OCH3 is 1. The predicted molar refractivity (Wildman–Crippen MR) is 99.3 cm³/mol. The number of thioether (sulfide) groups is 1. The molecular formula is C18H21N3O3S. The topological polar surface area (TPSA) is 68.6 Å². The van der Waals surface area contributed by atoms with E-state index in [0.717, 1.165) is 53.8 Å². The number of fused-ring (bicyclic) bond motifs is 1. The Balaban J connectivity index is 1.77. The maximum atomic E-state index is 12.7. The summed E-state index contributed by atoms with van der Waals surface area (Å²) in [6.07, 6.45) is 1.79. The molecule has 0 amide bonds. The highest BCUT2D eigenvalue weighted by atomic mass is 32.2. The van der Waals surface area contributed by atoms with E-state index >= 15 is 0 Å². The molecule has 1 fully saturated rings. The summed E-state index contributed by atoms with van der Waals surface area (Å²) in [6, 6.07) is 8.14. The van der Waals surface area contributed by atoms with Crippen LogP contribution in [0.4, 0.5) is 5.82 Å². The third-order valence-corrected chi connectivity index (χ3v) is 5.90. The largest absolute Gasteiger partial charge is 0.497 e. The van der Waals surface area contributed by atoms with Gasteiger partial charge in [-0.25, -0.2) is 4.99 Å². The molecule has 132 valence electrons. The van der Waals surface area contributed by atoms with Crippen LogP contribution in [0, 0.1) is 0 Å². The zero-order valence-corrected chi connectivity index (χ0v) is 15.1. The molecule has 1 atom stereocenters. The first kappa shape index (κ1) is 16.5. The molecule has 2 aliphatic rings. The number of H-pyrrole nitrogens is 1. The Hall–Kier alpha value is -1.99. The molecule has 1 unspecified atom stereocenters. The highest BCUT2D eigenvalue weighted by Crippen LogP contribution is 2.44. The fourth-order valence-corrected chi connectivity index (χ4v) is 4.53. The summed E-state index contributed by atoms with van der Waals surface area (Å²) in [7, 11) is 1.65. The van der Waals surface area contributed by atoms with Gasteiger partial charge in [-0.2, -0.15) is 0 Å². The van der Waals surface area contributed by atoms with Gasteiger partial charge >= 0.3 is 0 Å². The quantitative estimate of drug-likeness (QED) is 0.912. The molecule has 0 bridgehead atoms. The first-order chi connectivity index (χ1) is 12.2. The molecule has 2 aliphatic heterocycles. The van der Waals surface area contributed by atoms with Crippen LogP contribution in [0.25, 0.3) is 0 Å². The predicted octanol–water partition coefficient (Wildman–Crippen LogP) is 3.42. The Labute approximate surface area is 150 Å². The van der Waals surface area contributed by atoms with Gasteiger partial charge in [0.25, 0.3) is 5.56 Å². The molecule has 6 nitrogen and oxygen atoms in total. The molecule has 3 heterocycles. The third kappa shape index (κ3) is 3.02. The van der Waals surface area contributed by atoms with E-state index in [1.54, 1.807) is 18.9 Å². The minimum Gasteiger partial charge on any atom is -0.497 e. The van der Waals surface area contributed by atoms with Crippen LogP contribution in [0.2, 0.25) is 0 Å². The van der Waals surface area contributed by atoms with Gasteiger partial charge in [0.05, 0.1) is 29.0 Å². The van der Waals surface area contributed by atoms with Gasteiger partial charge in [-0.05, 0) is 37.5 Å². The van der Waals surface area contributed by atoms with Gasteiger partial charge in [0.1, 0.15) is 5.75 Å². The Bertz CT molecular complexity index is 847. The van der Waals surface area contributed by atoms with Gasteiger partial charge in [0.15, 0.2) is 5.82 Å². The van der Waals surface area contributed by atoms with Gasteiger partial charge < -0.3 is 9.47 Å². The molecule has 0 aliphatic carbocycles. The Morgan fingerprint density at radius 3 is 2.68 bits per heavy atom. The summed E-state index contributed by atoms with van der Waals surface area (Å²) in [6.45, 7) is 3.44. The molecule has 4 rings (SSSR count). The zero-order valence-electron chi connectivity index (χ0n) is 14.3. The van der Waals surface area contributed by atoms with Crippen molar-refractivity contribution in [3.05, 3.63) is 45.7 Å². The van der Waals surface area contributed by atoms with Crippen LogP contribution in [0.5, 0.6) is 5.75 Å². The first-order valence-electron chi connectivity index (χ1n) is 8.45. The van der Waals surface area contributed by atoms with E-state index < -0.39 is 0 Å². The maximum Gasteiger partial charge on any atom is 0.271 e. The fraction of sp³-hybridized carbons (Fsp3) is 0.444. The van der Waals surface area contributed by atoms with Gasteiger partial charge in [-0.1, -0.05) is 23.9 Å². The van der Waals surface area contributed by atoms with Crippen molar-refractivity contribution in [1.29, 1.82) is 0 Å². The van der Waals surface area contributed by atoms with Crippen molar-refractivity contribution >= 4 is 22.6 Å². The average Bonchev–Trinajstić information content (AvgIpc) is 2.98. The SMILES string of the molecule is COc1ccc(C2SC(C)=Nc3c2c(=O)[nH]n3C2CCOCC2)cc1. The molecule has 25 heavy (non-hydrogen) atoms. The smallest absolute Gasteiger partial charge is 0.271 e. The summed E-state index contributed by atoms with van der Waals surface area (Å²) >= 11 is 1.62. The van der Waals surface area contributed by atoms with Crippen LogP contribution in [0.1, 0.15) is 42.2 Å². The van der Waals surface area contributed by atoms with Crippen molar-refractivity contribution < 1.29 is 9.47 Å². The van der Waals surface area contributed by atoms with Crippen molar-refractivity contribution in [3.63, 3.8) is 0 Å². The van der Waals surface area contributed by atoms with Crippen LogP contribution < -0.4 is 10.3 Å². The number of rotatable bonds is 3. The second kappa shape index (κ2) is 6.72. The molecule has 1 aromatic heterocycles. The molecular weight excluding hydrogens is 338 g/mol. The molecule has 1 aromatic carbocycles. The van der Waals surface area contributed by atoms with E-state index in [9.17, 15) is 4.79 Å². The zero-order chi connectivity index (χ0) is 17.4. The number of aromatic amines is 1. The van der Waals surface area contributed by atoms with Crippen molar-refractivity contribution in [1.82, 2.24) is 9.78 Å². The number of aromatic nitrogens is 2. The molecule has 1 N–H and O–H groups in total. The monoisotopic (exact) mass is 359 g/mol. The standard InChI is InChI=1S/C18H21N3O3S/c1-11-19-17-15(16(25-11)12-3-5-14(23-2)6-4-12)18(22)20-21(17)13-7-9-24-10-8-13/h3-6,13,16H,7-10H2,1-2H3,(H,20,22). The number of hydrogen-bond donors (Lipinski definition) is 1. The fourth-order valence-electron chi connectivity index (χ4n) is 3.43. The minimum atomic E-state index is -0.0525. The van der Waals surface area contributed by atoms with Gasteiger partial charge in [0, 0.05) is 13.2 Å². The van der Waals surface area contributed by atoms with Crippen LogP contribution in [-0.4, -0.2) is 35.1 Å². The van der Waals surface area contributed by atoms with Crippen molar-refractivity contribution in [2.24, 2.45) is 4.99 Å². The Morgan fingerprint density at radius 1 is 1.28 bits per heavy atom. The molecule has 2 aromatic rings. The lowest BCUT2D eigenvalue weighted by atomic mass is 10.1. The highest BCUT2D eigenvalue weighted by molar-refractivity contribution is 8.14. The minimum absolute atomic E-state index is 0.0499. The van der Waals surface area contributed by atoms with Gasteiger partial charge in [-0.15, -0.1) is 0 Å². The second-order valence-corrected chi connectivity index (χ2v) is 7.59. The normalized spacial score (nSPS) is 20.9. The average molecular weight is 359 g/mol. The molecule has 7 heteroatoms. The Kier molecular flexibility index (Phi) is 4.43. The number of benzene rings is 1. The lowest BCUT2D eigenvalue weighted by molar-refractivity contribution is 0.0666. The van der Waals surface area contributed by atoms with E-state index in [1.807, 2.05) is 35.9 Å². The molecule has 0 spiro atoms. The third-order valence-electron chi connectivity index (χ3n) is 4.72. The molecule has 0 saturated carbocycles. The lowest BCUT2D eigenvalue weighted by Crippen LogP contribution is -2.21. The maximum absolute atomic E-state index is 12.7. The summed E-state index contributed by atoms with van der Waals surface area (Å²) in [4.78, 5) is 17.4. The van der Waals surface area contributed by atoms with Crippen molar-refractivity contribution in [3.8, 4) is 5.75 Å². The number of hydrogen-bond acceptors (Lipinski definition) is 5. The number of ether oxygens (including phenoxy) is 2. The summed E-state index contributed by atoms with van der Waals surface area (Å²) in [5.74, 6) is 1.58. The number of aliphatic imine (C=N–C) groups is 1. The molecule has 0 radical (unpaired) electrons. The van der Waals surface area contributed by atoms with E-state index in [-0.39, 0.29) is 16.9 Å². The van der Waals surface area contributed by atoms with Crippen LogP contribution in [-0.2, 0) is 4.74 Å². The van der Waals surface area contributed by atoms with Crippen molar-refractivity contribution in [2.75, 3.05) is 20.3 Å². The Morgan fingerprint density at radius 2 is 2.00 bits per heavy atom. The number of nitrogens with one attached hydrogen (secondary N) is 1. The van der Waals surface area contributed by atoms with Crippen molar-refractivity contribution in [2.45, 2.75) is 31.1 Å². The van der Waals surface area contributed by atoms with Crippen LogP contribution >= 0.6 is 11.8 Å². The summed E-state index contributed by atoms with van der Waals surface area (Å²) in [5.41, 5.74) is 1.77. The number of nitrogens with zero attached hydrogens (tertiary/aromatic N) is 2. The summed E-state index contributed by atoms with van der Waals surface area (Å²) < 4.78 is 12.6. The molecule has 1 saturated heterocycles. The van der Waals surface area contributed by atoms with Crippen LogP contribution in [0.3, 0.4) is 0 Å². The lowest BCUT2D eigenvalue weighted by Gasteiger charge is -2.26. The highest BCUT2D eigenvalue weighted by Gasteiger charge is 2.32. The van der Waals surface area contributed by atoms with E-state index in [4.69, 9.17) is 14.5 Å².